The minimum Gasteiger partial charge on any atom is -0.541 e. The average Bonchev–Trinajstić information content (AvgIpc) is 2.35. The summed E-state index contributed by atoms with van der Waals surface area (Å²) in [5.41, 5.74) is 1.69. The van der Waals surface area contributed by atoms with E-state index in [2.05, 4.69) is 68.5 Å². The molecular weight excluding hydrogens is 350 g/mol. The highest BCUT2D eigenvalue weighted by Gasteiger charge is 2.47. The molecule has 0 atom stereocenters. The summed E-state index contributed by atoms with van der Waals surface area (Å²) >= 11 is 5.20. The van der Waals surface area contributed by atoms with Crippen LogP contribution in [0.1, 0.15) is 41.5 Å². The normalized spacial score (nSPS) is 12.6. The Bertz CT molecular complexity index is 430. The molecule has 0 aliphatic carbocycles. The number of hydrogen-bond acceptors (Lipinski definition) is 3. The van der Waals surface area contributed by atoms with Gasteiger partial charge in [0, 0.05) is 0 Å². The molecule has 0 aliphatic rings. The quantitative estimate of drug-likeness (QED) is 0.339. The molecule has 1 rings (SSSR count). The zero-order valence-corrected chi connectivity index (χ0v) is 16.9. The van der Waals surface area contributed by atoms with Gasteiger partial charge in [0.25, 0.3) is 8.32 Å². The molecule has 0 spiro atoms. The molecule has 1 aromatic rings. The van der Waals surface area contributed by atoms with E-state index in [0.29, 0.717) is 16.6 Å². The fraction of sp³-hybridized carbons (Fsp3) is 0.667. The van der Waals surface area contributed by atoms with Crippen molar-refractivity contribution >= 4 is 36.0 Å². The van der Waals surface area contributed by atoms with E-state index in [1.54, 1.807) is 11.8 Å². The summed E-state index contributed by atoms with van der Waals surface area (Å²) in [5, 5.41) is 1.01. The van der Waals surface area contributed by atoms with Gasteiger partial charge in [0.15, 0.2) is 0 Å². The first-order valence-corrected chi connectivity index (χ1v) is 11.3. The fourth-order valence-electron chi connectivity index (χ4n) is 3.14. The summed E-state index contributed by atoms with van der Waals surface area (Å²) < 4.78 is 7.46. The van der Waals surface area contributed by atoms with Crippen LogP contribution in [0.15, 0.2) is 21.8 Å². The van der Waals surface area contributed by atoms with Gasteiger partial charge in [-0.3, -0.25) is 0 Å². The van der Waals surface area contributed by atoms with E-state index >= 15 is 0 Å². The van der Waals surface area contributed by atoms with E-state index in [4.69, 9.17) is 4.43 Å². The maximum absolute atomic E-state index is 6.64. The number of pyridine rings is 1. The Hall–Kier alpha value is -0.00312. The van der Waals surface area contributed by atoms with Crippen molar-refractivity contribution in [2.45, 2.75) is 63.2 Å². The van der Waals surface area contributed by atoms with Gasteiger partial charge in [-0.25, -0.2) is 4.98 Å². The highest BCUT2D eigenvalue weighted by atomic mass is 79.9. The van der Waals surface area contributed by atoms with Crippen LogP contribution in [0, 0.1) is 0 Å². The Morgan fingerprint density at radius 3 is 1.90 bits per heavy atom. The van der Waals surface area contributed by atoms with Crippen molar-refractivity contribution < 1.29 is 4.43 Å². The lowest BCUT2D eigenvalue weighted by atomic mass is 10.5. The zero-order chi connectivity index (χ0) is 15.5. The van der Waals surface area contributed by atoms with Crippen molar-refractivity contribution in [1.82, 2.24) is 4.98 Å². The maximum atomic E-state index is 6.64. The van der Waals surface area contributed by atoms with Crippen LogP contribution in [0.4, 0.5) is 0 Å². The molecule has 20 heavy (non-hydrogen) atoms. The minimum atomic E-state index is -1.90. The number of rotatable bonds is 6. The molecule has 0 bridgehead atoms. The van der Waals surface area contributed by atoms with Crippen LogP contribution < -0.4 is 4.43 Å². The molecule has 0 saturated carbocycles. The molecule has 2 nitrogen and oxygen atoms in total. The predicted molar refractivity (Wildman–Crippen MR) is 95.4 cm³/mol. The fourth-order valence-corrected chi connectivity index (χ4v) is 9.45. The topological polar surface area (TPSA) is 22.1 Å². The Morgan fingerprint density at radius 2 is 1.55 bits per heavy atom. The van der Waals surface area contributed by atoms with E-state index < -0.39 is 8.32 Å². The minimum absolute atomic E-state index is 0.564. The van der Waals surface area contributed by atoms with E-state index in [9.17, 15) is 0 Å². The van der Waals surface area contributed by atoms with Crippen molar-refractivity contribution in [1.29, 1.82) is 0 Å². The van der Waals surface area contributed by atoms with Gasteiger partial charge in [-0.1, -0.05) is 41.5 Å². The first-order valence-electron chi connectivity index (χ1n) is 7.15. The van der Waals surface area contributed by atoms with Gasteiger partial charge in [0.2, 0.25) is 0 Å². The monoisotopic (exact) mass is 375 g/mol. The Morgan fingerprint density at radius 1 is 1.05 bits per heavy atom. The summed E-state index contributed by atoms with van der Waals surface area (Å²) in [5.74, 6) is 0.894. The van der Waals surface area contributed by atoms with Crippen LogP contribution in [-0.4, -0.2) is 19.6 Å². The molecule has 0 unspecified atom stereocenters. The lowest BCUT2D eigenvalue weighted by Gasteiger charge is -2.42. The molecular formula is C15H26BrNOSSi. The highest BCUT2D eigenvalue weighted by molar-refractivity contribution is 9.10. The molecule has 5 heteroatoms. The van der Waals surface area contributed by atoms with Crippen molar-refractivity contribution in [2.24, 2.45) is 0 Å². The maximum Gasteiger partial charge on any atom is 0.258 e. The SMILES string of the molecule is CSc1ccc(O[Si](C(C)C)(C(C)C)C(C)C)c(Br)n1. The first-order chi connectivity index (χ1) is 9.25. The van der Waals surface area contributed by atoms with Gasteiger partial charge in [0.05, 0.1) is 5.03 Å². The summed E-state index contributed by atoms with van der Waals surface area (Å²) in [6, 6.07) is 4.09. The van der Waals surface area contributed by atoms with E-state index in [-0.39, 0.29) is 0 Å². The first kappa shape index (κ1) is 18.0. The second kappa shape index (κ2) is 7.32. The van der Waals surface area contributed by atoms with Crippen molar-refractivity contribution in [3.05, 3.63) is 16.7 Å². The smallest absolute Gasteiger partial charge is 0.258 e. The van der Waals surface area contributed by atoms with E-state index in [1.807, 2.05) is 12.3 Å². The molecule has 0 aromatic carbocycles. The predicted octanol–water partition coefficient (Wildman–Crippen LogP) is 6.12. The molecule has 1 heterocycles. The second-order valence-corrected chi connectivity index (χ2v) is 13.0. The number of thioether (sulfide) groups is 1. The molecule has 0 saturated heterocycles. The lowest BCUT2D eigenvalue weighted by Crippen LogP contribution is -2.50. The van der Waals surface area contributed by atoms with Gasteiger partial charge >= 0.3 is 0 Å². The summed E-state index contributed by atoms with van der Waals surface area (Å²) in [4.78, 5) is 4.53. The number of nitrogens with zero attached hydrogens (tertiary/aromatic N) is 1. The van der Waals surface area contributed by atoms with Gasteiger partial charge < -0.3 is 4.43 Å². The van der Waals surface area contributed by atoms with Crippen LogP contribution in [0.3, 0.4) is 0 Å². The standard InChI is InChI=1S/C15H26BrNOSSi/c1-10(2)20(11(3)4,12(5)6)18-13-8-9-14(19-7)17-15(13)16/h8-12H,1-7H3. The molecule has 0 radical (unpaired) electrons. The van der Waals surface area contributed by atoms with Crippen molar-refractivity contribution in [3.8, 4) is 5.75 Å². The van der Waals surface area contributed by atoms with E-state index in [0.717, 1.165) is 15.4 Å². The number of halogens is 1. The van der Waals surface area contributed by atoms with Crippen LogP contribution in [0.5, 0.6) is 5.75 Å². The van der Waals surface area contributed by atoms with Crippen LogP contribution in [0.25, 0.3) is 0 Å². The van der Waals surface area contributed by atoms with Gasteiger partial charge in [-0.15, -0.1) is 11.8 Å². The van der Waals surface area contributed by atoms with Gasteiger partial charge in [-0.2, -0.15) is 0 Å². The summed E-state index contributed by atoms with van der Waals surface area (Å²) in [7, 11) is -1.90. The van der Waals surface area contributed by atoms with Crippen molar-refractivity contribution in [3.63, 3.8) is 0 Å². The largest absolute Gasteiger partial charge is 0.541 e. The molecule has 0 amide bonds. The van der Waals surface area contributed by atoms with Crippen LogP contribution in [0.2, 0.25) is 16.6 Å². The molecule has 0 fully saturated rings. The third kappa shape index (κ3) is 3.60. The summed E-state index contributed by atoms with van der Waals surface area (Å²) in [6.07, 6.45) is 2.03. The molecule has 114 valence electrons. The van der Waals surface area contributed by atoms with Gasteiger partial charge in [-0.05, 0) is 50.9 Å². The zero-order valence-electron chi connectivity index (χ0n) is 13.5. The second-order valence-electron chi connectivity index (χ2n) is 6.06. The van der Waals surface area contributed by atoms with Crippen LogP contribution in [-0.2, 0) is 0 Å². The Labute approximate surface area is 137 Å². The number of hydrogen-bond donors (Lipinski definition) is 0. The highest BCUT2D eigenvalue weighted by Crippen LogP contribution is 2.44. The Kier molecular flexibility index (Phi) is 6.60. The molecule has 0 N–H and O–H groups in total. The molecule has 0 aliphatic heterocycles. The summed E-state index contributed by atoms with van der Waals surface area (Å²) in [6.45, 7) is 13.8. The lowest BCUT2D eigenvalue weighted by molar-refractivity contribution is 0.474. The average molecular weight is 376 g/mol. The van der Waals surface area contributed by atoms with Gasteiger partial charge in [0.1, 0.15) is 10.4 Å². The van der Waals surface area contributed by atoms with Crippen molar-refractivity contribution in [2.75, 3.05) is 6.26 Å². The third-order valence-corrected chi connectivity index (χ3v) is 11.2. The van der Waals surface area contributed by atoms with Crippen LogP contribution >= 0.6 is 27.7 Å². The third-order valence-electron chi connectivity index (χ3n) is 3.99. The van der Waals surface area contributed by atoms with E-state index in [1.165, 1.54) is 0 Å². The molecule has 1 aromatic heterocycles. The Balaban J connectivity index is 3.19. The number of aromatic nitrogens is 1.